The highest BCUT2D eigenvalue weighted by Gasteiger charge is 2.25. The van der Waals surface area contributed by atoms with E-state index >= 15 is 0 Å². The number of benzene rings is 2. The van der Waals surface area contributed by atoms with Crippen molar-refractivity contribution in [3.8, 4) is 5.75 Å². The van der Waals surface area contributed by atoms with E-state index in [0.717, 1.165) is 24.0 Å². The van der Waals surface area contributed by atoms with Crippen LogP contribution in [0.4, 0.5) is 10.1 Å². The maximum atomic E-state index is 14.1. The van der Waals surface area contributed by atoms with Crippen LogP contribution in [-0.2, 0) is 11.2 Å². The van der Waals surface area contributed by atoms with E-state index in [1.165, 1.54) is 16.5 Å². The molecule has 0 unspecified atom stereocenters. The third-order valence-electron chi connectivity index (χ3n) is 4.31. The van der Waals surface area contributed by atoms with Crippen LogP contribution in [0.3, 0.4) is 0 Å². The second-order valence-electron chi connectivity index (χ2n) is 5.93. The minimum absolute atomic E-state index is 0.0870. The van der Waals surface area contributed by atoms with Gasteiger partial charge in [-0.2, -0.15) is 0 Å². The molecule has 1 aliphatic heterocycles. The number of ether oxygens (including phenoxy) is 1. The Morgan fingerprint density at radius 3 is 2.83 bits per heavy atom. The second kappa shape index (κ2) is 6.41. The summed E-state index contributed by atoms with van der Waals surface area (Å²) >= 11 is 0. The smallest absolute Gasteiger partial charge is 0.265 e. The molecule has 1 amide bonds. The summed E-state index contributed by atoms with van der Waals surface area (Å²) in [6, 6.07) is 10.7. The van der Waals surface area contributed by atoms with Gasteiger partial charge < -0.3 is 9.64 Å². The molecule has 3 nitrogen and oxygen atoms in total. The number of aryl methyl sites for hydroxylation is 3. The minimum Gasteiger partial charge on any atom is -0.484 e. The zero-order valence-electron chi connectivity index (χ0n) is 13.4. The van der Waals surface area contributed by atoms with E-state index < -0.39 is 0 Å². The topological polar surface area (TPSA) is 29.5 Å². The molecular weight excluding hydrogens is 293 g/mol. The number of nitrogens with zero attached hydrogens (tertiary/aromatic N) is 1. The maximum Gasteiger partial charge on any atom is 0.265 e. The first kappa shape index (κ1) is 15.5. The van der Waals surface area contributed by atoms with Crippen molar-refractivity contribution in [2.75, 3.05) is 18.1 Å². The zero-order valence-corrected chi connectivity index (χ0v) is 13.4. The van der Waals surface area contributed by atoms with Crippen molar-refractivity contribution in [1.82, 2.24) is 0 Å². The van der Waals surface area contributed by atoms with Gasteiger partial charge in [0, 0.05) is 6.54 Å². The quantitative estimate of drug-likeness (QED) is 0.862. The lowest BCUT2D eigenvalue weighted by atomic mass is 10.0. The van der Waals surface area contributed by atoms with Crippen LogP contribution in [0.15, 0.2) is 36.4 Å². The van der Waals surface area contributed by atoms with E-state index in [0.29, 0.717) is 18.0 Å². The summed E-state index contributed by atoms with van der Waals surface area (Å²) < 4.78 is 19.7. The van der Waals surface area contributed by atoms with Gasteiger partial charge in [0.25, 0.3) is 5.91 Å². The van der Waals surface area contributed by atoms with Crippen LogP contribution in [0.2, 0.25) is 0 Å². The molecule has 0 aromatic heterocycles. The van der Waals surface area contributed by atoms with Crippen molar-refractivity contribution in [2.45, 2.75) is 26.7 Å². The highest BCUT2D eigenvalue weighted by molar-refractivity contribution is 5.95. The Balaban J connectivity index is 1.73. The standard InChI is InChI=1S/C19H20FNO2/c1-13-8-9-16(11-14(13)2)23-12-18(22)21-10-4-6-15-5-3-7-17(20)19(15)21/h3,5,7-9,11H,4,6,10,12H2,1-2H3. The lowest BCUT2D eigenvalue weighted by Crippen LogP contribution is -2.39. The molecule has 0 bridgehead atoms. The van der Waals surface area contributed by atoms with Gasteiger partial charge in [-0.3, -0.25) is 4.79 Å². The lowest BCUT2D eigenvalue weighted by molar-refractivity contribution is -0.120. The van der Waals surface area contributed by atoms with E-state index in [1.807, 2.05) is 38.1 Å². The van der Waals surface area contributed by atoms with Gasteiger partial charge >= 0.3 is 0 Å². The van der Waals surface area contributed by atoms with Crippen molar-refractivity contribution in [2.24, 2.45) is 0 Å². The summed E-state index contributed by atoms with van der Waals surface area (Å²) in [7, 11) is 0. The summed E-state index contributed by atoms with van der Waals surface area (Å²) in [5.41, 5.74) is 3.59. The molecule has 0 spiro atoms. The Bertz CT molecular complexity index is 742. The summed E-state index contributed by atoms with van der Waals surface area (Å²) in [5, 5.41) is 0. The number of para-hydroxylation sites is 1. The Labute approximate surface area is 135 Å². The molecule has 0 atom stereocenters. The van der Waals surface area contributed by atoms with Gasteiger partial charge in [-0.25, -0.2) is 4.39 Å². The number of carbonyl (C=O) groups excluding carboxylic acids is 1. The Morgan fingerprint density at radius 1 is 1.22 bits per heavy atom. The van der Waals surface area contributed by atoms with Gasteiger partial charge in [-0.15, -0.1) is 0 Å². The van der Waals surface area contributed by atoms with E-state index in [2.05, 4.69) is 0 Å². The van der Waals surface area contributed by atoms with Crippen LogP contribution in [0, 0.1) is 19.7 Å². The van der Waals surface area contributed by atoms with Crippen molar-refractivity contribution in [3.05, 3.63) is 58.9 Å². The molecule has 0 N–H and O–H groups in total. The number of hydrogen-bond acceptors (Lipinski definition) is 2. The van der Waals surface area contributed by atoms with Gasteiger partial charge in [0.1, 0.15) is 11.6 Å². The monoisotopic (exact) mass is 313 g/mol. The van der Waals surface area contributed by atoms with Crippen LogP contribution in [0.5, 0.6) is 5.75 Å². The highest BCUT2D eigenvalue weighted by atomic mass is 19.1. The molecule has 2 aromatic carbocycles. The fraction of sp³-hybridized carbons (Fsp3) is 0.316. The van der Waals surface area contributed by atoms with Crippen molar-refractivity contribution >= 4 is 11.6 Å². The Hall–Kier alpha value is -2.36. The molecule has 4 heteroatoms. The highest BCUT2D eigenvalue weighted by Crippen LogP contribution is 2.30. The van der Waals surface area contributed by atoms with Gasteiger partial charge in [0.05, 0.1) is 5.69 Å². The van der Waals surface area contributed by atoms with E-state index in [1.54, 1.807) is 6.07 Å². The van der Waals surface area contributed by atoms with Gasteiger partial charge in [-0.1, -0.05) is 18.2 Å². The molecule has 3 rings (SSSR count). The fourth-order valence-electron chi connectivity index (χ4n) is 2.88. The molecule has 2 aromatic rings. The van der Waals surface area contributed by atoms with Crippen molar-refractivity contribution in [1.29, 1.82) is 0 Å². The predicted octanol–water partition coefficient (Wildman–Crippen LogP) is 3.80. The Morgan fingerprint density at radius 2 is 2.04 bits per heavy atom. The summed E-state index contributed by atoms with van der Waals surface area (Å²) in [6.45, 7) is 4.47. The number of halogens is 1. The zero-order chi connectivity index (χ0) is 16.4. The molecule has 0 radical (unpaired) electrons. The number of fused-ring (bicyclic) bond motifs is 1. The first-order valence-electron chi connectivity index (χ1n) is 7.84. The van der Waals surface area contributed by atoms with E-state index in [4.69, 9.17) is 4.74 Å². The predicted molar refractivity (Wildman–Crippen MR) is 88.5 cm³/mol. The molecule has 23 heavy (non-hydrogen) atoms. The first-order valence-corrected chi connectivity index (χ1v) is 7.84. The number of amides is 1. The van der Waals surface area contributed by atoms with Gasteiger partial charge in [-0.05, 0) is 61.6 Å². The summed E-state index contributed by atoms with van der Waals surface area (Å²) in [6.07, 6.45) is 1.64. The normalized spacial score (nSPS) is 13.6. The molecular formula is C19H20FNO2. The van der Waals surface area contributed by atoms with Gasteiger partial charge in [0.2, 0.25) is 0 Å². The largest absolute Gasteiger partial charge is 0.484 e. The average molecular weight is 313 g/mol. The van der Waals surface area contributed by atoms with Gasteiger partial charge in [0.15, 0.2) is 6.61 Å². The van der Waals surface area contributed by atoms with Crippen molar-refractivity contribution in [3.63, 3.8) is 0 Å². The second-order valence-corrected chi connectivity index (χ2v) is 5.93. The third-order valence-corrected chi connectivity index (χ3v) is 4.31. The fourth-order valence-corrected chi connectivity index (χ4v) is 2.88. The molecule has 1 heterocycles. The summed E-state index contributed by atoms with van der Waals surface area (Å²) in [5.74, 6) is 0.100. The molecule has 120 valence electrons. The van der Waals surface area contributed by atoms with Crippen molar-refractivity contribution < 1.29 is 13.9 Å². The number of carbonyl (C=O) groups is 1. The SMILES string of the molecule is Cc1ccc(OCC(=O)N2CCCc3cccc(F)c32)cc1C. The molecule has 0 aliphatic carbocycles. The van der Waals surface area contributed by atoms with Crippen LogP contribution in [-0.4, -0.2) is 19.1 Å². The van der Waals surface area contributed by atoms with E-state index in [9.17, 15) is 9.18 Å². The average Bonchev–Trinajstić information content (AvgIpc) is 2.55. The van der Waals surface area contributed by atoms with Crippen LogP contribution in [0.1, 0.15) is 23.1 Å². The van der Waals surface area contributed by atoms with Crippen LogP contribution in [0.25, 0.3) is 0 Å². The first-order chi connectivity index (χ1) is 11.1. The molecule has 1 aliphatic rings. The van der Waals surface area contributed by atoms with Crippen LogP contribution >= 0.6 is 0 Å². The number of hydrogen-bond donors (Lipinski definition) is 0. The lowest BCUT2D eigenvalue weighted by Gasteiger charge is -2.29. The molecule has 0 saturated heterocycles. The minimum atomic E-state index is -0.346. The van der Waals surface area contributed by atoms with E-state index in [-0.39, 0.29) is 18.3 Å². The maximum absolute atomic E-state index is 14.1. The third kappa shape index (κ3) is 3.21. The number of anilines is 1. The number of rotatable bonds is 3. The Kier molecular flexibility index (Phi) is 4.33. The molecule has 0 saturated carbocycles. The molecule has 0 fully saturated rings. The van der Waals surface area contributed by atoms with Crippen LogP contribution < -0.4 is 9.64 Å². The summed E-state index contributed by atoms with van der Waals surface area (Å²) in [4.78, 5) is 14.0.